The molecule has 0 aromatic heterocycles. The van der Waals surface area contributed by atoms with Crippen molar-refractivity contribution < 1.29 is 0 Å². The van der Waals surface area contributed by atoms with Gasteiger partial charge >= 0.3 is 0 Å². The van der Waals surface area contributed by atoms with Gasteiger partial charge in [0.2, 0.25) is 0 Å². The Balaban J connectivity index is 2.28. The van der Waals surface area contributed by atoms with Crippen LogP contribution in [0.25, 0.3) is 0 Å². The topological polar surface area (TPSA) is 15.3 Å². The first-order valence-electron chi connectivity index (χ1n) is 7.09. The smallest absolute Gasteiger partial charge is 0.0362 e. The maximum absolute atomic E-state index is 3.45. The molecule has 1 aromatic rings. The van der Waals surface area contributed by atoms with Gasteiger partial charge in [-0.25, -0.2) is 0 Å². The van der Waals surface area contributed by atoms with Crippen molar-refractivity contribution >= 4 is 0 Å². The van der Waals surface area contributed by atoms with Crippen LogP contribution in [-0.4, -0.2) is 31.6 Å². The quantitative estimate of drug-likeness (QED) is 0.881. The molecule has 1 fully saturated rings. The Morgan fingerprint density at radius 2 is 2.00 bits per heavy atom. The predicted molar refractivity (Wildman–Crippen MR) is 78.0 cm³/mol. The molecule has 18 heavy (non-hydrogen) atoms. The van der Waals surface area contributed by atoms with Crippen molar-refractivity contribution in [3.8, 4) is 0 Å². The number of nitrogens with one attached hydrogen (secondary N) is 1. The summed E-state index contributed by atoms with van der Waals surface area (Å²) in [5, 5.41) is 3.45. The maximum Gasteiger partial charge on any atom is 0.0362 e. The fraction of sp³-hybridized carbons (Fsp3) is 0.625. The van der Waals surface area contributed by atoms with Crippen LogP contribution in [0, 0.1) is 0 Å². The summed E-state index contributed by atoms with van der Waals surface area (Å²) in [5.74, 6) is 0.601. The molecule has 1 saturated heterocycles. The van der Waals surface area contributed by atoms with E-state index < -0.39 is 0 Å². The van der Waals surface area contributed by atoms with E-state index in [9.17, 15) is 0 Å². The van der Waals surface area contributed by atoms with Gasteiger partial charge in [-0.05, 0) is 50.5 Å². The number of likely N-dealkylation sites (tertiary alicyclic amines) is 1. The highest BCUT2D eigenvalue weighted by Gasteiger charge is 2.28. The fourth-order valence-electron chi connectivity index (χ4n) is 3.05. The molecule has 0 bridgehead atoms. The third-order valence-electron chi connectivity index (χ3n) is 4.26. The third-order valence-corrected chi connectivity index (χ3v) is 4.26. The number of benzene rings is 1. The minimum absolute atomic E-state index is 0.565. The van der Waals surface area contributed by atoms with Gasteiger partial charge in [0, 0.05) is 12.1 Å². The van der Waals surface area contributed by atoms with E-state index in [-0.39, 0.29) is 0 Å². The molecule has 100 valence electrons. The van der Waals surface area contributed by atoms with E-state index in [2.05, 4.69) is 62.4 Å². The van der Waals surface area contributed by atoms with Gasteiger partial charge < -0.3 is 5.32 Å². The van der Waals surface area contributed by atoms with Crippen molar-refractivity contribution in [2.75, 3.05) is 20.6 Å². The number of piperidine rings is 1. The number of hydrogen-bond acceptors (Lipinski definition) is 2. The van der Waals surface area contributed by atoms with E-state index in [4.69, 9.17) is 0 Å². The lowest BCUT2D eigenvalue weighted by Gasteiger charge is -2.38. The van der Waals surface area contributed by atoms with Gasteiger partial charge in [-0.15, -0.1) is 0 Å². The summed E-state index contributed by atoms with van der Waals surface area (Å²) < 4.78 is 0. The molecule has 1 aliphatic rings. The molecule has 2 rings (SSSR count). The van der Waals surface area contributed by atoms with Crippen LogP contribution in [-0.2, 0) is 0 Å². The molecule has 2 heteroatoms. The van der Waals surface area contributed by atoms with Crippen molar-refractivity contribution in [1.82, 2.24) is 10.2 Å². The van der Waals surface area contributed by atoms with Crippen molar-refractivity contribution in [2.24, 2.45) is 0 Å². The van der Waals surface area contributed by atoms with E-state index in [1.807, 2.05) is 0 Å². The highest BCUT2D eigenvalue weighted by molar-refractivity contribution is 5.33. The number of rotatable bonds is 3. The SMILES string of the molecule is CNC1CCN(C)C(c2ccccc2C(C)C)C1. The molecule has 1 heterocycles. The summed E-state index contributed by atoms with van der Waals surface area (Å²) in [6.07, 6.45) is 2.48. The largest absolute Gasteiger partial charge is 0.317 e. The van der Waals surface area contributed by atoms with Crippen molar-refractivity contribution in [1.29, 1.82) is 0 Å². The van der Waals surface area contributed by atoms with Crippen LogP contribution in [0.15, 0.2) is 24.3 Å². The first-order valence-corrected chi connectivity index (χ1v) is 7.09. The second-order valence-electron chi connectivity index (χ2n) is 5.79. The Morgan fingerprint density at radius 3 is 2.67 bits per heavy atom. The molecular formula is C16H26N2. The maximum atomic E-state index is 3.45. The van der Waals surface area contributed by atoms with Crippen molar-refractivity contribution in [3.63, 3.8) is 0 Å². The standard InChI is InChI=1S/C16H26N2/c1-12(2)14-7-5-6-8-15(14)16-11-13(17-3)9-10-18(16)4/h5-8,12-13,16-17H,9-11H2,1-4H3. The van der Waals surface area contributed by atoms with Gasteiger partial charge in [0.1, 0.15) is 0 Å². The van der Waals surface area contributed by atoms with E-state index >= 15 is 0 Å². The van der Waals surface area contributed by atoms with Crippen LogP contribution >= 0.6 is 0 Å². The Labute approximate surface area is 111 Å². The first kappa shape index (κ1) is 13.6. The van der Waals surface area contributed by atoms with E-state index in [0.717, 1.165) is 0 Å². The predicted octanol–water partition coefficient (Wildman–Crippen LogP) is 3.16. The molecular weight excluding hydrogens is 220 g/mol. The van der Waals surface area contributed by atoms with E-state index in [1.54, 1.807) is 0 Å². The normalized spacial score (nSPS) is 25.6. The Kier molecular flexibility index (Phi) is 4.41. The van der Waals surface area contributed by atoms with Crippen LogP contribution in [0.3, 0.4) is 0 Å². The third kappa shape index (κ3) is 2.76. The van der Waals surface area contributed by atoms with Gasteiger partial charge in [-0.3, -0.25) is 4.90 Å². The van der Waals surface area contributed by atoms with E-state index in [1.165, 1.54) is 30.5 Å². The van der Waals surface area contributed by atoms with Crippen LogP contribution in [0.2, 0.25) is 0 Å². The summed E-state index contributed by atoms with van der Waals surface area (Å²) in [6, 6.07) is 10.2. The van der Waals surface area contributed by atoms with Gasteiger partial charge in [0.05, 0.1) is 0 Å². The second kappa shape index (κ2) is 5.85. The van der Waals surface area contributed by atoms with Gasteiger partial charge in [0.25, 0.3) is 0 Å². The summed E-state index contributed by atoms with van der Waals surface area (Å²) >= 11 is 0. The minimum atomic E-state index is 0.565. The molecule has 0 radical (unpaired) electrons. The molecule has 0 aliphatic carbocycles. The molecule has 2 nitrogen and oxygen atoms in total. The summed E-state index contributed by atoms with van der Waals surface area (Å²) in [5.41, 5.74) is 3.03. The van der Waals surface area contributed by atoms with E-state index in [0.29, 0.717) is 18.0 Å². The lowest BCUT2D eigenvalue weighted by atomic mass is 9.86. The van der Waals surface area contributed by atoms with Crippen molar-refractivity contribution in [3.05, 3.63) is 35.4 Å². The highest BCUT2D eigenvalue weighted by atomic mass is 15.1. The molecule has 0 spiro atoms. The molecule has 2 unspecified atom stereocenters. The Bertz CT molecular complexity index is 386. The second-order valence-corrected chi connectivity index (χ2v) is 5.79. The molecule has 0 amide bonds. The summed E-state index contributed by atoms with van der Waals surface area (Å²) in [7, 11) is 4.34. The molecule has 1 N–H and O–H groups in total. The molecule has 0 saturated carbocycles. The monoisotopic (exact) mass is 246 g/mol. The molecule has 1 aliphatic heterocycles. The zero-order valence-electron chi connectivity index (χ0n) is 12.1. The Hall–Kier alpha value is -0.860. The highest BCUT2D eigenvalue weighted by Crippen LogP contribution is 2.34. The number of nitrogens with zero attached hydrogens (tertiary/aromatic N) is 1. The molecule has 2 atom stereocenters. The lowest BCUT2D eigenvalue weighted by molar-refractivity contribution is 0.159. The first-order chi connectivity index (χ1) is 8.63. The van der Waals surface area contributed by atoms with Crippen LogP contribution < -0.4 is 5.32 Å². The Morgan fingerprint density at radius 1 is 1.28 bits per heavy atom. The zero-order valence-corrected chi connectivity index (χ0v) is 12.1. The molecule has 1 aromatic carbocycles. The van der Waals surface area contributed by atoms with Crippen LogP contribution in [0.1, 0.15) is 49.8 Å². The fourth-order valence-corrected chi connectivity index (χ4v) is 3.05. The van der Waals surface area contributed by atoms with Crippen LogP contribution in [0.4, 0.5) is 0 Å². The summed E-state index contributed by atoms with van der Waals surface area (Å²) in [6.45, 7) is 5.76. The van der Waals surface area contributed by atoms with Gasteiger partial charge in [-0.2, -0.15) is 0 Å². The van der Waals surface area contributed by atoms with Gasteiger partial charge in [-0.1, -0.05) is 38.1 Å². The minimum Gasteiger partial charge on any atom is -0.317 e. The average molecular weight is 246 g/mol. The van der Waals surface area contributed by atoms with Crippen molar-refractivity contribution in [2.45, 2.75) is 44.7 Å². The number of hydrogen-bond donors (Lipinski definition) is 1. The van der Waals surface area contributed by atoms with Gasteiger partial charge in [0.15, 0.2) is 0 Å². The van der Waals surface area contributed by atoms with Crippen LogP contribution in [0.5, 0.6) is 0 Å². The average Bonchev–Trinajstić information content (AvgIpc) is 2.39. The lowest BCUT2D eigenvalue weighted by Crippen LogP contribution is -2.41. The summed E-state index contributed by atoms with van der Waals surface area (Å²) in [4.78, 5) is 2.51. The zero-order chi connectivity index (χ0) is 13.1.